The minimum absolute atomic E-state index is 0.0528. The average Bonchev–Trinajstić information content (AvgIpc) is 2.44. The Morgan fingerprint density at radius 3 is 2.67 bits per heavy atom. The van der Waals surface area contributed by atoms with Crippen molar-refractivity contribution in [3.8, 4) is 0 Å². The van der Waals surface area contributed by atoms with Gasteiger partial charge in [0.25, 0.3) is 0 Å². The molecule has 2 unspecified atom stereocenters. The van der Waals surface area contributed by atoms with E-state index in [9.17, 15) is 15.0 Å². The minimum atomic E-state index is -0.846. The number of rotatable bonds is 6. The molecule has 116 valence electrons. The maximum Gasteiger partial charge on any atom is 0.321 e. The van der Waals surface area contributed by atoms with Gasteiger partial charge in [-0.25, -0.2) is 0 Å². The SMILES string of the molecule is CC(C)OCC(O)CN1Cc2ccccc2CC1C(=O)O. The van der Waals surface area contributed by atoms with Crippen molar-refractivity contribution >= 4 is 5.97 Å². The molecule has 0 fully saturated rings. The molecule has 1 aromatic carbocycles. The Morgan fingerprint density at radius 2 is 2.05 bits per heavy atom. The lowest BCUT2D eigenvalue weighted by Crippen LogP contribution is -2.49. The fourth-order valence-electron chi connectivity index (χ4n) is 2.64. The molecule has 1 aliphatic heterocycles. The van der Waals surface area contributed by atoms with Crippen LogP contribution in [0.15, 0.2) is 24.3 Å². The molecule has 1 heterocycles. The first kappa shape index (κ1) is 15.9. The van der Waals surface area contributed by atoms with Crippen LogP contribution in [0, 0.1) is 0 Å². The van der Waals surface area contributed by atoms with E-state index in [4.69, 9.17) is 4.74 Å². The summed E-state index contributed by atoms with van der Waals surface area (Å²) >= 11 is 0. The molecule has 1 aromatic rings. The Kier molecular flexibility index (Phi) is 5.33. The molecule has 1 aliphatic rings. The molecule has 5 nitrogen and oxygen atoms in total. The molecule has 0 radical (unpaired) electrons. The van der Waals surface area contributed by atoms with E-state index in [-0.39, 0.29) is 12.7 Å². The average molecular weight is 293 g/mol. The standard InChI is InChI=1S/C16H23NO4/c1-11(2)21-10-14(18)9-17-8-13-6-4-3-5-12(13)7-15(17)16(19)20/h3-6,11,14-15,18H,7-10H2,1-2H3,(H,19,20). The number of benzene rings is 1. The highest BCUT2D eigenvalue weighted by atomic mass is 16.5. The zero-order valence-corrected chi connectivity index (χ0v) is 12.5. The molecule has 5 heteroatoms. The van der Waals surface area contributed by atoms with E-state index in [0.29, 0.717) is 19.5 Å². The number of carbonyl (C=O) groups is 1. The van der Waals surface area contributed by atoms with E-state index < -0.39 is 18.1 Å². The molecule has 2 rings (SSSR count). The third kappa shape index (κ3) is 4.27. The van der Waals surface area contributed by atoms with Crippen molar-refractivity contribution in [1.82, 2.24) is 4.90 Å². The predicted molar refractivity (Wildman–Crippen MR) is 79.1 cm³/mol. The summed E-state index contributed by atoms with van der Waals surface area (Å²) in [6.07, 6.45) is -0.153. The second-order valence-electron chi connectivity index (χ2n) is 5.79. The van der Waals surface area contributed by atoms with Gasteiger partial charge in [-0.3, -0.25) is 9.69 Å². The highest BCUT2D eigenvalue weighted by Crippen LogP contribution is 2.23. The molecule has 0 saturated heterocycles. The summed E-state index contributed by atoms with van der Waals surface area (Å²) in [5.74, 6) is -0.846. The van der Waals surface area contributed by atoms with Crippen LogP contribution in [0.4, 0.5) is 0 Å². The molecule has 0 aliphatic carbocycles. The fraction of sp³-hybridized carbons (Fsp3) is 0.562. The smallest absolute Gasteiger partial charge is 0.321 e. The Hall–Kier alpha value is -1.43. The van der Waals surface area contributed by atoms with E-state index in [0.717, 1.165) is 11.1 Å². The normalized spacial score (nSPS) is 20.3. The molecular weight excluding hydrogens is 270 g/mol. The summed E-state index contributed by atoms with van der Waals surface area (Å²) in [4.78, 5) is 13.3. The number of aliphatic carboxylic acids is 1. The fourth-order valence-corrected chi connectivity index (χ4v) is 2.64. The van der Waals surface area contributed by atoms with Crippen molar-refractivity contribution in [3.05, 3.63) is 35.4 Å². The van der Waals surface area contributed by atoms with Crippen LogP contribution >= 0.6 is 0 Å². The summed E-state index contributed by atoms with van der Waals surface area (Å²) in [5.41, 5.74) is 2.21. The Bertz CT molecular complexity index is 489. The Morgan fingerprint density at radius 1 is 1.38 bits per heavy atom. The summed E-state index contributed by atoms with van der Waals surface area (Å²) in [6.45, 7) is 4.89. The van der Waals surface area contributed by atoms with E-state index in [1.807, 2.05) is 43.0 Å². The van der Waals surface area contributed by atoms with Gasteiger partial charge in [-0.2, -0.15) is 0 Å². The van der Waals surface area contributed by atoms with Gasteiger partial charge in [0.05, 0.1) is 18.8 Å². The number of carboxylic acids is 1. The van der Waals surface area contributed by atoms with Gasteiger partial charge in [-0.15, -0.1) is 0 Å². The topological polar surface area (TPSA) is 70.0 Å². The zero-order valence-electron chi connectivity index (χ0n) is 12.5. The van der Waals surface area contributed by atoms with Gasteiger partial charge < -0.3 is 14.9 Å². The molecule has 0 saturated carbocycles. The number of fused-ring (bicyclic) bond motifs is 1. The van der Waals surface area contributed by atoms with Gasteiger partial charge in [0.15, 0.2) is 0 Å². The van der Waals surface area contributed by atoms with Crippen LogP contribution in [0.5, 0.6) is 0 Å². The van der Waals surface area contributed by atoms with Crippen LogP contribution in [0.2, 0.25) is 0 Å². The summed E-state index contributed by atoms with van der Waals surface area (Å²) < 4.78 is 5.39. The number of nitrogens with zero attached hydrogens (tertiary/aromatic N) is 1. The number of ether oxygens (including phenoxy) is 1. The van der Waals surface area contributed by atoms with Crippen LogP contribution in [-0.2, 0) is 22.5 Å². The molecule has 0 bridgehead atoms. The molecule has 0 aromatic heterocycles. The molecule has 0 amide bonds. The largest absolute Gasteiger partial charge is 0.480 e. The third-order valence-electron chi connectivity index (χ3n) is 3.70. The lowest BCUT2D eigenvalue weighted by atomic mass is 9.94. The van der Waals surface area contributed by atoms with E-state index >= 15 is 0 Å². The minimum Gasteiger partial charge on any atom is -0.480 e. The second kappa shape index (κ2) is 7.02. The summed E-state index contributed by atoms with van der Waals surface area (Å²) in [5, 5.41) is 19.4. The number of β-amino-alcohol motifs (C(OH)–C–C–N with tert-alkyl or cyclic N) is 1. The van der Waals surface area contributed by atoms with Crippen LogP contribution in [0.25, 0.3) is 0 Å². The summed E-state index contributed by atoms with van der Waals surface area (Å²) in [6, 6.07) is 7.28. The first-order chi connectivity index (χ1) is 9.97. The molecule has 21 heavy (non-hydrogen) atoms. The maximum atomic E-state index is 11.5. The second-order valence-corrected chi connectivity index (χ2v) is 5.79. The van der Waals surface area contributed by atoms with Crippen LogP contribution in [0.3, 0.4) is 0 Å². The molecule has 0 spiro atoms. The van der Waals surface area contributed by atoms with Gasteiger partial charge in [0.1, 0.15) is 6.04 Å². The Balaban J connectivity index is 2.04. The lowest BCUT2D eigenvalue weighted by Gasteiger charge is -2.35. The van der Waals surface area contributed by atoms with Crippen LogP contribution in [0.1, 0.15) is 25.0 Å². The molecule has 2 atom stereocenters. The number of hydrogen-bond acceptors (Lipinski definition) is 4. The maximum absolute atomic E-state index is 11.5. The van der Waals surface area contributed by atoms with Gasteiger partial charge in [0.2, 0.25) is 0 Å². The van der Waals surface area contributed by atoms with E-state index in [1.165, 1.54) is 0 Å². The van der Waals surface area contributed by atoms with Crippen molar-refractivity contribution < 1.29 is 19.7 Å². The van der Waals surface area contributed by atoms with Gasteiger partial charge in [0, 0.05) is 13.1 Å². The lowest BCUT2D eigenvalue weighted by molar-refractivity contribution is -0.144. The predicted octanol–water partition coefficient (Wildman–Crippen LogP) is 1.28. The number of aliphatic hydroxyl groups excluding tert-OH is 1. The monoisotopic (exact) mass is 293 g/mol. The van der Waals surface area contributed by atoms with E-state index in [2.05, 4.69) is 0 Å². The van der Waals surface area contributed by atoms with Gasteiger partial charge in [-0.05, 0) is 31.4 Å². The molecule has 2 N–H and O–H groups in total. The third-order valence-corrected chi connectivity index (χ3v) is 3.70. The van der Waals surface area contributed by atoms with Gasteiger partial charge in [-0.1, -0.05) is 24.3 Å². The van der Waals surface area contributed by atoms with Crippen molar-refractivity contribution in [2.75, 3.05) is 13.2 Å². The first-order valence-electron chi connectivity index (χ1n) is 7.30. The van der Waals surface area contributed by atoms with Crippen molar-refractivity contribution in [2.24, 2.45) is 0 Å². The van der Waals surface area contributed by atoms with E-state index in [1.54, 1.807) is 0 Å². The van der Waals surface area contributed by atoms with Crippen molar-refractivity contribution in [1.29, 1.82) is 0 Å². The number of carboxylic acid groups (broad SMARTS) is 1. The molecular formula is C16H23NO4. The summed E-state index contributed by atoms with van der Waals surface area (Å²) in [7, 11) is 0. The quantitative estimate of drug-likeness (QED) is 0.827. The highest BCUT2D eigenvalue weighted by Gasteiger charge is 2.32. The van der Waals surface area contributed by atoms with Crippen molar-refractivity contribution in [2.45, 2.75) is 45.1 Å². The van der Waals surface area contributed by atoms with Crippen LogP contribution in [-0.4, -0.2) is 52.5 Å². The number of hydrogen-bond donors (Lipinski definition) is 2. The zero-order chi connectivity index (χ0) is 15.4. The first-order valence-corrected chi connectivity index (χ1v) is 7.30. The highest BCUT2D eigenvalue weighted by molar-refractivity contribution is 5.74. The Labute approximate surface area is 125 Å². The van der Waals surface area contributed by atoms with Crippen LogP contribution < -0.4 is 0 Å². The number of aliphatic hydroxyl groups is 1. The van der Waals surface area contributed by atoms with Crippen molar-refractivity contribution in [3.63, 3.8) is 0 Å². The van der Waals surface area contributed by atoms with Gasteiger partial charge >= 0.3 is 5.97 Å².